The summed E-state index contributed by atoms with van der Waals surface area (Å²) in [5.41, 5.74) is 0.883. The molecule has 27 heavy (non-hydrogen) atoms. The van der Waals surface area contributed by atoms with Crippen LogP contribution < -0.4 is 20.1 Å². The van der Waals surface area contributed by atoms with Gasteiger partial charge in [-0.2, -0.15) is 0 Å². The predicted molar refractivity (Wildman–Crippen MR) is 101 cm³/mol. The summed E-state index contributed by atoms with van der Waals surface area (Å²) in [6.45, 7) is 1.28. The van der Waals surface area contributed by atoms with Crippen molar-refractivity contribution in [2.45, 2.75) is 6.92 Å². The molecule has 2 aromatic carbocycles. The second kappa shape index (κ2) is 9.05. The Morgan fingerprint density at radius 2 is 1.78 bits per heavy atom. The molecule has 0 spiro atoms. The Morgan fingerprint density at radius 1 is 1.07 bits per heavy atom. The monoisotopic (exact) mass is 392 g/mol. The summed E-state index contributed by atoms with van der Waals surface area (Å²) in [7, 11) is 3.00. The van der Waals surface area contributed by atoms with Crippen molar-refractivity contribution in [3.63, 3.8) is 0 Å². The fraction of sp³-hybridized carbons (Fsp3) is 0.158. The van der Waals surface area contributed by atoms with Gasteiger partial charge in [-0.3, -0.25) is 9.59 Å². The zero-order chi connectivity index (χ0) is 20.0. The first-order chi connectivity index (χ1) is 12.8. The Kier molecular flexibility index (Phi) is 6.79. The number of amides is 2. The molecule has 142 valence electrons. The minimum Gasteiger partial charge on any atom is -0.493 e. The van der Waals surface area contributed by atoms with E-state index in [1.807, 2.05) is 0 Å². The summed E-state index contributed by atoms with van der Waals surface area (Å²) in [5.74, 6) is -0.616. The normalized spacial score (nSPS) is 10.9. The Bertz CT molecular complexity index is 899. The first-order valence-electron chi connectivity index (χ1n) is 7.81. The van der Waals surface area contributed by atoms with Crippen LogP contribution in [0.5, 0.6) is 11.5 Å². The lowest BCUT2D eigenvalue weighted by molar-refractivity contribution is -0.120. The summed E-state index contributed by atoms with van der Waals surface area (Å²) in [6, 6.07) is 8.80. The molecule has 0 aliphatic carbocycles. The van der Waals surface area contributed by atoms with Gasteiger partial charge in [-0.05, 0) is 42.0 Å². The summed E-state index contributed by atoms with van der Waals surface area (Å²) in [4.78, 5) is 24.0. The van der Waals surface area contributed by atoms with E-state index in [-0.39, 0.29) is 16.4 Å². The number of anilines is 1. The quantitative estimate of drug-likeness (QED) is 0.736. The highest BCUT2D eigenvalue weighted by Crippen LogP contribution is 2.28. The molecule has 0 aromatic heterocycles. The first-order valence-corrected chi connectivity index (χ1v) is 8.19. The molecule has 0 aliphatic rings. The van der Waals surface area contributed by atoms with Gasteiger partial charge in [0.05, 0.1) is 19.2 Å². The van der Waals surface area contributed by atoms with E-state index in [2.05, 4.69) is 10.6 Å². The first kappa shape index (κ1) is 20.3. The lowest BCUT2D eigenvalue weighted by Gasteiger charge is -2.11. The van der Waals surface area contributed by atoms with Crippen LogP contribution in [-0.2, 0) is 9.59 Å². The van der Waals surface area contributed by atoms with Gasteiger partial charge in [0, 0.05) is 12.6 Å². The van der Waals surface area contributed by atoms with Crippen LogP contribution in [0.25, 0.3) is 6.08 Å². The van der Waals surface area contributed by atoms with Crippen LogP contribution in [0.3, 0.4) is 0 Å². The van der Waals surface area contributed by atoms with Crippen LogP contribution in [0.4, 0.5) is 10.1 Å². The molecule has 2 rings (SSSR count). The van der Waals surface area contributed by atoms with E-state index < -0.39 is 17.6 Å². The van der Waals surface area contributed by atoms with Crippen molar-refractivity contribution in [2.75, 3.05) is 19.5 Å². The van der Waals surface area contributed by atoms with Crippen LogP contribution >= 0.6 is 11.6 Å². The summed E-state index contributed by atoms with van der Waals surface area (Å²) >= 11 is 5.72. The van der Waals surface area contributed by atoms with Crippen molar-refractivity contribution in [1.29, 1.82) is 0 Å². The Labute approximate surface area is 160 Å². The molecule has 2 aromatic rings. The van der Waals surface area contributed by atoms with Crippen molar-refractivity contribution in [1.82, 2.24) is 5.32 Å². The van der Waals surface area contributed by atoms with E-state index in [1.165, 1.54) is 39.4 Å². The molecule has 0 saturated carbocycles. The highest BCUT2D eigenvalue weighted by Gasteiger charge is 2.13. The van der Waals surface area contributed by atoms with Gasteiger partial charge in [-0.15, -0.1) is 0 Å². The van der Waals surface area contributed by atoms with E-state index in [0.29, 0.717) is 17.1 Å². The van der Waals surface area contributed by atoms with Gasteiger partial charge in [0.25, 0.3) is 5.91 Å². The predicted octanol–water partition coefficient (Wildman–Crippen LogP) is 3.61. The fourth-order valence-electron chi connectivity index (χ4n) is 2.23. The van der Waals surface area contributed by atoms with Crippen LogP contribution in [0.2, 0.25) is 5.02 Å². The third-order valence-electron chi connectivity index (χ3n) is 3.45. The maximum atomic E-state index is 13.3. The van der Waals surface area contributed by atoms with E-state index >= 15 is 0 Å². The Morgan fingerprint density at radius 3 is 2.37 bits per heavy atom. The third-order valence-corrected chi connectivity index (χ3v) is 3.74. The molecule has 0 unspecified atom stereocenters. The fourth-order valence-corrected chi connectivity index (χ4v) is 2.41. The van der Waals surface area contributed by atoms with Crippen molar-refractivity contribution < 1.29 is 23.5 Å². The minimum atomic E-state index is -0.599. The molecule has 0 radical (unpaired) electrons. The van der Waals surface area contributed by atoms with Crippen LogP contribution in [-0.4, -0.2) is 26.0 Å². The molecule has 8 heteroatoms. The number of hydrogen-bond donors (Lipinski definition) is 2. The number of rotatable bonds is 6. The third kappa shape index (κ3) is 5.46. The number of nitrogens with one attached hydrogen (secondary N) is 2. The summed E-state index contributed by atoms with van der Waals surface area (Å²) in [5, 5.41) is 4.90. The van der Waals surface area contributed by atoms with Crippen molar-refractivity contribution in [3.8, 4) is 11.5 Å². The Hall–Kier alpha value is -3.06. The van der Waals surface area contributed by atoms with E-state index in [4.69, 9.17) is 21.1 Å². The molecular weight excluding hydrogens is 375 g/mol. The topological polar surface area (TPSA) is 76.7 Å². The molecule has 0 aliphatic heterocycles. The van der Waals surface area contributed by atoms with Crippen molar-refractivity contribution in [2.24, 2.45) is 0 Å². The molecular formula is C19H18ClFN2O4. The van der Waals surface area contributed by atoms with Gasteiger partial charge in [-0.25, -0.2) is 4.39 Å². The Balaban J connectivity index is 2.33. The average molecular weight is 393 g/mol. The number of ether oxygens (including phenoxy) is 2. The van der Waals surface area contributed by atoms with Crippen LogP contribution in [0.1, 0.15) is 12.5 Å². The van der Waals surface area contributed by atoms with E-state index in [9.17, 15) is 14.0 Å². The maximum absolute atomic E-state index is 13.3. The highest BCUT2D eigenvalue weighted by molar-refractivity contribution is 6.31. The lowest BCUT2D eigenvalue weighted by atomic mass is 10.1. The smallest absolute Gasteiger partial charge is 0.272 e. The molecule has 2 amide bonds. The van der Waals surface area contributed by atoms with Crippen molar-refractivity contribution >= 4 is 35.2 Å². The van der Waals surface area contributed by atoms with Gasteiger partial charge in [0.15, 0.2) is 11.5 Å². The molecule has 0 atom stereocenters. The number of halogens is 2. The SMILES string of the molecule is COc1ccc(/C=C(/NC(C)=O)C(=O)Nc2ccc(F)c(Cl)c2)cc1OC. The second-order valence-electron chi connectivity index (χ2n) is 5.44. The summed E-state index contributed by atoms with van der Waals surface area (Å²) < 4.78 is 23.7. The van der Waals surface area contributed by atoms with Gasteiger partial charge in [0.1, 0.15) is 11.5 Å². The van der Waals surface area contributed by atoms with E-state index in [1.54, 1.807) is 18.2 Å². The number of methoxy groups -OCH3 is 2. The molecule has 0 fully saturated rings. The van der Waals surface area contributed by atoms with Gasteiger partial charge >= 0.3 is 0 Å². The van der Waals surface area contributed by atoms with Crippen LogP contribution in [0, 0.1) is 5.82 Å². The molecule has 2 N–H and O–H groups in total. The zero-order valence-corrected chi connectivity index (χ0v) is 15.7. The lowest BCUT2D eigenvalue weighted by Crippen LogP contribution is -2.29. The average Bonchev–Trinajstić information content (AvgIpc) is 2.63. The molecule has 0 saturated heterocycles. The number of hydrogen-bond acceptors (Lipinski definition) is 4. The standard InChI is InChI=1S/C19H18ClFN2O4/c1-11(24)22-16(8-12-4-7-17(26-2)18(9-12)27-3)19(25)23-13-5-6-15(21)14(20)10-13/h4-10H,1-3H3,(H,22,24)(H,23,25)/b16-8+. The summed E-state index contributed by atoms with van der Waals surface area (Å²) in [6.07, 6.45) is 1.48. The number of benzene rings is 2. The number of carbonyl (C=O) groups excluding carboxylic acids is 2. The van der Waals surface area contributed by atoms with Gasteiger partial charge in [-0.1, -0.05) is 17.7 Å². The molecule has 6 nitrogen and oxygen atoms in total. The zero-order valence-electron chi connectivity index (χ0n) is 14.9. The highest BCUT2D eigenvalue weighted by atomic mass is 35.5. The number of carbonyl (C=O) groups is 2. The largest absolute Gasteiger partial charge is 0.493 e. The molecule has 0 bridgehead atoms. The maximum Gasteiger partial charge on any atom is 0.272 e. The van der Waals surface area contributed by atoms with Gasteiger partial charge < -0.3 is 20.1 Å². The molecule has 0 heterocycles. The van der Waals surface area contributed by atoms with Crippen molar-refractivity contribution in [3.05, 3.63) is 58.5 Å². The van der Waals surface area contributed by atoms with Gasteiger partial charge in [0.2, 0.25) is 5.91 Å². The van der Waals surface area contributed by atoms with Crippen LogP contribution in [0.15, 0.2) is 42.1 Å². The second-order valence-corrected chi connectivity index (χ2v) is 5.84. The minimum absolute atomic E-state index is 0.00447. The van der Waals surface area contributed by atoms with E-state index in [0.717, 1.165) is 6.07 Å².